The van der Waals surface area contributed by atoms with Crippen LogP contribution in [0.1, 0.15) is 28.4 Å². The third-order valence-electron chi connectivity index (χ3n) is 4.51. The van der Waals surface area contributed by atoms with E-state index < -0.39 is 10.0 Å². The highest BCUT2D eigenvalue weighted by atomic mass is 32.2. The minimum absolute atomic E-state index is 0.0214. The van der Waals surface area contributed by atoms with Crippen LogP contribution in [0.25, 0.3) is 0 Å². The van der Waals surface area contributed by atoms with Gasteiger partial charge in [0.1, 0.15) is 5.75 Å². The number of aryl methyl sites for hydroxylation is 1. The molecule has 0 saturated heterocycles. The van der Waals surface area contributed by atoms with E-state index in [2.05, 4.69) is 10.0 Å². The van der Waals surface area contributed by atoms with E-state index in [4.69, 9.17) is 4.74 Å². The topological polar surface area (TPSA) is 84.5 Å². The van der Waals surface area contributed by atoms with E-state index in [1.54, 1.807) is 24.3 Å². The van der Waals surface area contributed by atoms with Crippen LogP contribution in [-0.2, 0) is 16.6 Å². The van der Waals surface area contributed by atoms with Crippen LogP contribution in [0.4, 0.5) is 5.69 Å². The first kappa shape index (κ1) is 21.4. The highest BCUT2D eigenvalue weighted by Gasteiger charge is 2.17. The van der Waals surface area contributed by atoms with Crippen LogP contribution < -0.4 is 14.8 Å². The van der Waals surface area contributed by atoms with Crippen LogP contribution in [0.15, 0.2) is 77.7 Å². The fourth-order valence-electron chi connectivity index (χ4n) is 2.92. The van der Waals surface area contributed by atoms with Crippen molar-refractivity contribution in [2.75, 3.05) is 11.3 Å². The second kappa shape index (κ2) is 9.45. The number of carbonyl (C=O) groups excluding carboxylic acids is 1. The second-order valence-electron chi connectivity index (χ2n) is 6.67. The third-order valence-corrected chi connectivity index (χ3v) is 5.87. The molecule has 0 aliphatic rings. The molecule has 0 aromatic heterocycles. The Morgan fingerprint density at radius 2 is 1.70 bits per heavy atom. The Morgan fingerprint density at radius 1 is 0.967 bits per heavy atom. The average molecular weight is 425 g/mol. The van der Waals surface area contributed by atoms with E-state index in [-0.39, 0.29) is 22.9 Å². The molecule has 0 spiro atoms. The van der Waals surface area contributed by atoms with E-state index in [1.165, 1.54) is 12.1 Å². The predicted molar refractivity (Wildman–Crippen MR) is 117 cm³/mol. The van der Waals surface area contributed by atoms with Crippen molar-refractivity contribution in [3.63, 3.8) is 0 Å². The van der Waals surface area contributed by atoms with Gasteiger partial charge in [-0.25, -0.2) is 8.42 Å². The number of rotatable bonds is 8. The Labute approximate surface area is 177 Å². The van der Waals surface area contributed by atoms with Crippen molar-refractivity contribution in [1.82, 2.24) is 5.32 Å². The molecule has 3 rings (SSSR count). The van der Waals surface area contributed by atoms with E-state index in [0.717, 1.165) is 11.1 Å². The number of nitrogens with one attached hydrogen (secondary N) is 2. The molecule has 0 bridgehead atoms. The molecule has 6 nitrogen and oxygen atoms in total. The molecule has 0 aliphatic heterocycles. The minimum atomic E-state index is -3.82. The molecule has 0 fully saturated rings. The standard InChI is InChI=1S/C23H24N2O4S/c1-3-29-22-14-7-5-10-19(22)16-24-23(26)18-11-8-12-20(15-18)30(27,28)25-21-13-6-4-9-17(21)2/h4-15,25H,3,16H2,1-2H3,(H,24,26). The zero-order valence-corrected chi connectivity index (χ0v) is 17.7. The van der Waals surface area contributed by atoms with Crippen LogP contribution in [-0.4, -0.2) is 20.9 Å². The summed E-state index contributed by atoms with van der Waals surface area (Å²) in [5, 5.41) is 2.82. The lowest BCUT2D eigenvalue weighted by Crippen LogP contribution is -2.23. The Kier molecular flexibility index (Phi) is 6.74. The van der Waals surface area contributed by atoms with E-state index in [0.29, 0.717) is 18.0 Å². The van der Waals surface area contributed by atoms with Crippen molar-refractivity contribution in [2.24, 2.45) is 0 Å². The number of hydrogen-bond donors (Lipinski definition) is 2. The molecule has 3 aromatic rings. The van der Waals surface area contributed by atoms with Gasteiger partial charge in [-0.3, -0.25) is 9.52 Å². The largest absolute Gasteiger partial charge is 0.494 e. The SMILES string of the molecule is CCOc1ccccc1CNC(=O)c1cccc(S(=O)(=O)Nc2ccccc2C)c1. The maximum absolute atomic E-state index is 12.8. The third kappa shape index (κ3) is 5.18. The molecular weight excluding hydrogens is 400 g/mol. The van der Waals surface area contributed by atoms with E-state index in [9.17, 15) is 13.2 Å². The summed E-state index contributed by atoms with van der Waals surface area (Å²) in [7, 11) is -3.82. The zero-order chi connectivity index (χ0) is 21.6. The summed E-state index contributed by atoms with van der Waals surface area (Å²) in [6, 6.07) is 20.5. The Balaban J connectivity index is 1.75. The molecule has 0 atom stereocenters. The van der Waals surface area contributed by atoms with Gasteiger partial charge in [-0.15, -0.1) is 0 Å². The van der Waals surface area contributed by atoms with Crippen molar-refractivity contribution in [3.05, 3.63) is 89.5 Å². The van der Waals surface area contributed by atoms with Crippen molar-refractivity contribution in [2.45, 2.75) is 25.3 Å². The monoisotopic (exact) mass is 424 g/mol. The van der Waals surface area contributed by atoms with Crippen molar-refractivity contribution < 1.29 is 17.9 Å². The molecule has 2 N–H and O–H groups in total. The summed E-state index contributed by atoms with van der Waals surface area (Å²) in [5.41, 5.74) is 2.41. The Hall–Kier alpha value is -3.32. The van der Waals surface area contributed by atoms with E-state index >= 15 is 0 Å². The van der Waals surface area contributed by atoms with Gasteiger partial charge in [0.15, 0.2) is 0 Å². The number of sulfonamides is 1. The molecule has 156 valence electrons. The van der Waals surface area contributed by atoms with Crippen LogP contribution in [0, 0.1) is 6.92 Å². The molecule has 0 unspecified atom stereocenters. The smallest absolute Gasteiger partial charge is 0.261 e. The maximum Gasteiger partial charge on any atom is 0.261 e. The second-order valence-corrected chi connectivity index (χ2v) is 8.35. The first-order valence-corrected chi connectivity index (χ1v) is 11.1. The van der Waals surface area contributed by atoms with Crippen molar-refractivity contribution >= 4 is 21.6 Å². The van der Waals surface area contributed by atoms with Crippen LogP contribution >= 0.6 is 0 Å². The highest BCUT2D eigenvalue weighted by molar-refractivity contribution is 7.92. The number of hydrogen-bond acceptors (Lipinski definition) is 4. The highest BCUT2D eigenvalue weighted by Crippen LogP contribution is 2.21. The normalized spacial score (nSPS) is 11.0. The van der Waals surface area contributed by atoms with Gasteiger partial charge in [0.25, 0.3) is 15.9 Å². The minimum Gasteiger partial charge on any atom is -0.494 e. The van der Waals surface area contributed by atoms with Gasteiger partial charge < -0.3 is 10.1 Å². The van der Waals surface area contributed by atoms with Gasteiger partial charge in [-0.05, 0) is 49.7 Å². The summed E-state index contributed by atoms with van der Waals surface area (Å²) < 4.78 is 33.7. The van der Waals surface area contributed by atoms with Crippen molar-refractivity contribution in [1.29, 1.82) is 0 Å². The van der Waals surface area contributed by atoms with Gasteiger partial charge in [0, 0.05) is 17.7 Å². The average Bonchev–Trinajstić information content (AvgIpc) is 2.75. The van der Waals surface area contributed by atoms with Crippen molar-refractivity contribution in [3.8, 4) is 5.75 Å². The zero-order valence-electron chi connectivity index (χ0n) is 16.9. The molecule has 30 heavy (non-hydrogen) atoms. The van der Waals surface area contributed by atoms with Gasteiger partial charge in [-0.1, -0.05) is 42.5 Å². The molecule has 0 radical (unpaired) electrons. The number of anilines is 1. The lowest BCUT2D eigenvalue weighted by molar-refractivity contribution is 0.0950. The number of amides is 1. The fourth-order valence-corrected chi connectivity index (χ4v) is 4.10. The van der Waals surface area contributed by atoms with Gasteiger partial charge in [-0.2, -0.15) is 0 Å². The first-order chi connectivity index (χ1) is 14.4. The number of benzene rings is 3. The summed E-state index contributed by atoms with van der Waals surface area (Å²) in [6.07, 6.45) is 0. The van der Waals surface area contributed by atoms with Crippen LogP contribution in [0.5, 0.6) is 5.75 Å². The number of para-hydroxylation sites is 2. The molecule has 0 aliphatic carbocycles. The molecular formula is C23H24N2O4S. The van der Waals surface area contributed by atoms with Crippen LogP contribution in [0.3, 0.4) is 0 Å². The predicted octanol–water partition coefficient (Wildman–Crippen LogP) is 4.12. The molecule has 1 amide bonds. The van der Waals surface area contributed by atoms with Crippen LogP contribution in [0.2, 0.25) is 0 Å². The lowest BCUT2D eigenvalue weighted by atomic mass is 10.1. The summed E-state index contributed by atoms with van der Waals surface area (Å²) >= 11 is 0. The molecule has 0 heterocycles. The Morgan fingerprint density at radius 3 is 2.47 bits per heavy atom. The van der Waals surface area contributed by atoms with Gasteiger partial charge >= 0.3 is 0 Å². The summed E-state index contributed by atoms with van der Waals surface area (Å²) in [5.74, 6) is 0.341. The molecule has 3 aromatic carbocycles. The maximum atomic E-state index is 12.8. The van der Waals surface area contributed by atoms with Gasteiger partial charge in [0.05, 0.1) is 17.2 Å². The first-order valence-electron chi connectivity index (χ1n) is 9.58. The van der Waals surface area contributed by atoms with Gasteiger partial charge in [0.2, 0.25) is 0 Å². The molecule has 7 heteroatoms. The number of ether oxygens (including phenoxy) is 1. The summed E-state index contributed by atoms with van der Waals surface area (Å²) in [4.78, 5) is 12.6. The fraction of sp³-hybridized carbons (Fsp3) is 0.174. The quantitative estimate of drug-likeness (QED) is 0.570. The van der Waals surface area contributed by atoms with E-state index in [1.807, 2.05) is 50.2 Å². The molecule has 0 saturated carbocycles. The number of carbonyl (C=O) groups is 1. The summed E-state index contributed by atoms with van der Waals surface area (Å²) in [6.45, 7) is 4.51. The Bertz CT molecular complexity index is 1140. The lowest BCUT2D eigenvalue weighted by Gasteiger charge is -2.12.